The standard InChI is InChI=1S/C40H23BN2S2/c1-2-10-23-22(9-1)19-20-26-25-12-7-13-27(38(25)42-37(23)26)35-36-31(21-28-24-11-3-5-16-32(24)45-40(28)35)43-30-15-4-6-17-33(30)44-34-18-8-14-29(41-36)39(34)43/h1-21,41-42H. The summed E-state index contributed by atoms with van der Waals surface area (Å²) >= 11 is 3.82. The summed E-state index contributed by atoms with van der Waals surface area (Å²) in [6.45, 7) is 0. The molecule has 0 saturated carbocycles. The second-order valence-electron chi connectivity index (χ2n) is 12.1. The third kappa shape index (κ3) is 3.22. The molecule has 0 fully saturated rings. The van der Waals surface area contributed by atoms with Crippen molar-refractivity contribution in [1.29, 1.82) is 0 Å². The van der Waals surface area contributed by atoms with Gasteiger partial charge in [0.05, 0.1) is 22.4 Å². The topological polar surface area (TPSA) is 19.0 Å². The molecule has 0 saturated heterocycles. The Bertz CT molecular complexity index is 2740. The first-order valence-corrected chi connectivity index (χ1v) is 17.0. The highest BCUT2D eigenvalue weighted by Gasteiger charge is 2.35. The molecule has 1 N–H and O–H groups in total. The van der Waals surface area contributed by atoms with Gasteiger partial charge in [-0.25, -0.2) is 0 Å². The number of fused-ring (bicyclic) bond motifs is 12. The van der Waals surface area contributed by atoms with Crippen molar-refractivity contribution in [3.63, 3.8) is 0 Å². The molecule has 4 heterocycles. The quantitative estimate of drug-likeness (QED) is 0.188. The van der Waals surface area contributed by atoms with Crippen molar-refractivity contribution in [3.05, 3.63) is 127 Å². The van der Waals surface area contributed by atoms with Gasteiger partial charge in [-0.1, -0.05) is 114 Å². The molecule has 2 aromatic heterocycles. The van der Waals surface area contributed by atoms with E-state index in [2.05, 4.69) is 137 Å². The average Bonchev–Trinajstić information content (AvgIpc) is 3.66. The van der Waals surface area contributed by atoms with Crippen LogP contribution in [0.25, 0.3) is 63.9 Å². The fourth-order valence-electron chi connectivity index (χ4n) is 7.88. The Morgan fingerprint density at radius 3 is 2.33 bits per heavy atom. The summed E-state index contributed by atoms with van der Waals surface area (Å²) in [5.41, 5.74) is 11.8. The molecular formula is C40H23BN2S2. The number of nitrogens with one attached hydrogen (secondary N) is 1. The molecule has 2 aliphatic rings. The largest absolute Gasteiger partial charge is 0.353 e. The van der Waals surface area contributed by atoms with Crippen LogP contribution in [0.15, 0.2) is 137 Å². The summed E-state index contributed by atoms with van der Waals surface area (Å²) in [6, 6.07) is 47.3. The highest BCUT2D eigenvalue weighted by molar-refractivity contribution is 7.99. The van der Waals surface area contributed by atoms with Crippen LogP contribution in [0.5, 0.6) is 0 Å². The molecule has 2 nitrogen and oxygen atoms in total. The lowest BCUT2D eigenvalue weighted by atomic mass is 9.58. The zero-order chi connectivity index (χ0) is 29.2. The van der Waals surface area contributed by atoms with E-state index in [-0.39, 0.29) is 0 Å². The van der Waals surface area contributed by atoms with Crippen LogP contribution in [0, 0.1) is 0 Å². The molecule has 45 heavy (non-hydrogen) atoms. The van der Waals surface area contributed by atoms with E-state index >= 15 is 0 Å². The SMILES string of the molecule is B1c2cccc3c2N(c2ccccc2S3)c2cc3c(sc4ccccc43)c(-c3cccc4c3[nH]c3c5ccccc5ccc43)c21. The van der Waals surface area contributed by atoms with Crippen LogP contribution in [0.1, 0.15) is 0 Å². The van der Waals surface area contributed by atoms with E-state index in [9.17, 15) is 0 Å². The fraction of sp³-hybridized carbons (Fsp3) is 0. The molecule has 5 heteroatoms. The first-order valence-electron chi connectivity index (χ1n) is 15.4. The van der Waals surface area contributed by atoms with Gasteiger partial charge in [0.25, 0.3) is 0 Å². The number of hydrogen-bond acceptors (Lipinski definition) is 3. The summed E-state index contributed by atoms with van der Waals surface area (Å²) in [5.74, 6) is 0. The summed E-state index contributed by atoms with van der Waals surface area (Å²) < 4.78 is 2.70. The first-order chi connectivity index (χ1) is 22.3. The van der Waals surface area contributed by atoms with Gasteiger partial charge in [-0.3, -0.25) is 0 Å². The molecule has 0 aliphatic carbocycles. The number of nitrogens with zero attached hydrogens (tertiary/aromatic N) is 1. The summed E-state index contributed by atoms with van der Waals surface area (Å²) in [5, 5.41) is 7.74. The lowest BCUT2D eigenvalue weighted by Gasteiger charge is -2.39. The van der Waals surface area contributed by atoms with Gasteiger partial charge >= 0.3 is 0 Å². The van der Waals surface area contributed by atoms with Gasteiger partial charge in [0.15, 0.2) is 7.28 Å². The highest BCUT2D eigenvalue weighted by atomic mass is 32.2. The van der Waals surface area contributed by atoms with Crippen molar-refractivity contribution in [2.75, 3.05) is 4.90 Å². The molecule has 0 spiro atoms. The second kappa shape index (κ2) is 8.82. The molecule has 2 aliphatic heterocycles. The number of rotatable bonds is 1. The average molecular weight is 607 g/mol. The van der Waals surface area contributed by atoms with Crippen molar-refractivity contribution in [2.45, 2.75) is 9.79 Å². The number of para-hydroxylation sites is 3. The van der Waals surface area contributed by atoms with Gasteiger partial charge < -0.3 is 9.88 Å². The Balaban J connectivity index is 1.31. The van der Waals surface area contributed by atoms with Gasteiger partial charge in [0, 0.05) is 57.4 Å². The molecule has 11 rings (SSSR count). The molecule has 0 atom stereocenters. The minimum atomic E-state index is 0.900. The maximum absolute atomic E-state index is 3.96. The van der Waals surface area contributed by atoms with Gasteiger partial charge in [-0.15, -0.1) is 11.3 Å². The lowest BCUT2D eigenvalue weighted by molar-refractivity contribution is 1.18. The van der Waals surface area contributed by atoms with Crippen LogP contribution in [0.3, 0.4) is 0 Å². The van der Waals surface area contributed by atoms with Crippen molar-refractivity contribution in [3.8, 4) is 11.1 Å². The van der Waals surface area contributed by atoms with Crippen LogP contribution >= 0.6 is 23.1 Å². The number of benzene rings is 7. The molecule has 208 valence electrons. The maximum atomic E-state index is 3.96. The maximum Gasteiger partial charge on any atom is 0.198 e. The van der Waals surface area contributed by atoms with E-state index in [0.29, 0.717) is 0 Å². The minimum absolute atomic E-state index is 0.900. The van der Waals surface area contributed by atoms with Crippen molar-refractivity contribution in [2.24, 2.45) is 0 Å². The zero-order valence-electron chi connectivity index (χ0n) is 24.1. The second-order valence-corrected chi connectivity index (χ2v) is 14.3. The van der Waals surface area contributed by atoms with Gasteiger partial charge in [-0.05, 0) is 46.7 Å². The van der Waals surface area contributed by atoms with E-state index in [1.165, 1.54) is 102 Å². The number of thiophene rings is 1. The van der Waals surface area contributed by atoms with Crippen LogP contribution < -0.4 is 15.8 Å². The monoisotopic (exact) mass is 606 g/mol. The molecule has 7 aromatic carbocycles. The summed E-state index contributed by atoms with van der Waals surface area (Å²) in [6.07, 6.45) is 0. The number of anilines is 3. The van der Waals surface area contributed by atoms with Crippen LogP contribution in [-0.4, -0.2) is 12.3 Å². The van der Waals surface area contributed by atoms with Gasteiger partial charge in [0.2, 0.25) is 0 Å². The summed E-state index contributed by atoms with van der Waals surface area (Å²) in [4.78, 5) is 9.15. The van der Waals surface area contributed by atoms with E-state index < -0.39 is 0 Å². The predicted molar refractivity (Wildman–Crippen MR) is 197 cm³/mol. The van der Waals surface area contributed by atoms with E-state index in [1.54, 1.807) is 0 Å². The molecule has 0 bridgehead atoms. The molecule has 0 radical (unpaired) electrons. The smallest absolute Gasteiger partial charge is 0.198 e. The van der Waals surface area contributed by atoms with Crippen molar-refractivity contribution >= 4 is 111 Å². The van der Waals surface area contributed by atoms with Gasteiger partial charge in [-0.2, -0.15) is 0 Å². The molecular weight excluding hydrogens is 583 g/mol. The third-order valence-electron chi connectivity index (χ3n) is 9.80. The number of H-pyrrole nitrogens is 1. The van der Waals surface area contributed by atoms with Gasteiger partial charge in [0.1, 0.15) is 0 Å². The zero-order valence-corrected chi connectivity index (χ0v) is 25.7. The fourth-order valence-corrected chi connectivity index (χ4v) is 10.3. The van der Waals surface area contributed by atoms with Crippen LogP contribution in [0.2, 0.25) is 0 Å². The number of aromatic nitrogens is 1. The third-order valence-corrected chi connectivity index (χ3v) is 12.1. The minimum Gasteiger partial charge on any atom is -0.353 e. The van der Waals surface area contributed by atoms with Crippen molar-refractivity contribution < 1.29 is 0 Å². The predicted octanol–water partition coefficient (Wildman–Crippen LogP) is 10.1. The molecule has 9 aromatic rings. The lowest BCUT2D eigenvalue weighted by Crippen LogP contribution is -2.42. The Kier molecular flexibility index (Phi) is 4.77. The van der Waals surface area contributed by atoms with E-state index in [4.69, 9.17) is 0 Å². The van der Waals surface area contributed by atoms with Crippen LogP contribution in [-0.2, 0) is 0 Å². The Labute approximate surface area is 268 Å². The Morgan fingerprint density at radius 2 is 1.36 bits per heavy atom. The van der Waals surface area contributed by atoms with E-state index in [0.717, 1.165) is 7.28 Å². The molecule has 0 amide bonds. The van der Waals surface area contributed by atoms with E-state index in [1.807, 2.05) is 23.1 Å². The summed E-state index contributed by atoms with van der Waals surface area (Å²) in [7, 11) is 0.900. The number of aromatic amines is 1. The van der Waals surface area contributed by atoms with Crippen LogP contribution in [0.4, 0.5) is 17.1 Å². The van der Waals surface area contributed by atoms with Crippen molar-refractivity contribution in [1.82, 2.24) is 4.98 Å². The Hall–Kier alpha value is -4.97. The normalized spacial score (nSPS) is 13.4. The first kappa shape index (κ1) is 24.4. The molecule has 0 unspecified atom stereocenters. The highest BCUT2D eigenvalue weighted by Crippen LogP contribution is 2.53. The Morgan fingerprint density at radius 1 is 0.578 bits per heavy atom. The number of hydrogen-bond donors (Lipinski definition) is 1.